The van der Waals surface area contributed by atoms with Crippen molar-refractivity contribution in [3.8, 4) is 0 Å². The van der Waals surface area contributed by atoms with Crippen molar-refractivity contribution < 1.29 is 0 Å². The molecule has 6 nitrogen and oxygen atoms in total. The van der Waals surface area contributed by atoms with Crippen LogP contribution in [-0.2, 0) is 0 Å². The molecule has 0 spiro atoms. The van der Waals surface area contributed by atoms with Crippen molar-refractivity contribution in [2.75, 3.05) is 32.7 Å². The molecule has 0 aromatic carbocycles. The third-order valence-corrected chi connectivity index (χ3v) is 4.24. The maximum Gasteiger partial charge on any atom is 0.292 e. The fraction of sp³-hybridized carbons (Fsp3) is 0.545. The molecule has 3 rings (SSSR count). The van der Waals surface area contributed by atoms with E-state index < -0.39 is 0 Å². The normalized spacial score (nSPS) is 18.9. The fourth-order valence-corrected chi connectivity index (χ4v) is 3.03. The average Bonchev–Trinajstić information content (AvgIpc) is 2.95. The van der Waals surface area contributed by atoms with Crippen molar-refractivity contribution in [3.05, 3.63) is 21.2 Å². The van der Waals surface area contributed by atoms with E-state index in [9.17, 15) is 4.79 Å². The van der Waals surface area contributed by atoms with Crippen molar-refractivity contribution in [1.29, 1.82) is 0 Å². The summed E-state index contributed by atoms with van der Waals surface area (Å²) in [6.07, 6.45) is 3.37. The number of thiazole rings is 1. The van der Waals surface area contributed by atoms with E-state index in [1.165, 1.54) is 22.2 Å². The van der Waals surface area contributed by atoms with Crippen LogP contribution in [0.5, 0.6) is 0 Å². The van der Waals surface area contributed by atoms with E-state index in [4.69, 9.17) is 0 Å². The largest absolute Gasteiger partial charge is 0.373 e. The summed E-state index contributed by atoms with van der Waals surface area (Å²) in [6.45, 7) is 7.33. The third kappa shape index (κ3) is 1.99. The molecule has 0 bridgehead atoms. The van der Waals surface area contributed by atoms with Crippen LogP contribution in [-0.4, -0.2) is 57.1 Å². The van der Waals surface area contributed by atoms with Gasteiger partial charge in [0.1, 0.15) is 10.9 Å². The van der Waals surface area contributed by atoms with E-state index in [0.29, 0.717) is 4.96 Å². The lowest BCUT2D eigenvalue weighted by molar-refractivity contribution is 0.187. The van der Waals surface area contributed by atoms with Crippen molar-refractivity contribution in [2.45, 2.75) is 6.92 Å². The molecule has 1 fully saturated rings. The second kappa shape index (κ2) is 4.66. The summed E-state index contributed by atoms with van der Waals surface area (Å²) in [4.78, 5) is 21.3. The minimum absolute atomic E-state index is 0.0644. The van der Waals surface area contributed by atoms with Crippen LogP contribution in [0.25, 0.3) is 11.2 Å². The first-order valence-corrected chi connectivity index (χ1v) is 6.90. The molecule has 2 aromatic rings. The lowest BCUT2D eigenvalue weighted by atomic mass is 10.3. The van der Waals surface area contributed by atoms with Crippen molar-refractivity contribution >= 4 is 22.5 Å². The van der Waals surface area contributed by atoms with Crippen LogP contribution in [0.1, 0.15) is 6.92 Å². The molecule has 1 saturated heterocycles. The molecule has 0 atom stereocenters. The summed E-state index contributed by atoms with van der Waals surface area (Å²) in [7, 11) is 0. The molecule has 1 aliphatic heterocycles. The monoisotopic (exact) mass is 265 g/mol. The molecule has 0 aliphatic carbocycles. The first-order valence-electron chi connectivity index (χ1n) is 6.08. The topological polar surface area (TPSA) is 53.7 Å². The maximum absolute atomic E-state index is 12.0. The van der Waals surface area contributed by atoms with Gasteiger partial charge < -0.3 is 9.80 Å². The van der Waals surface area contributed by atoms with Crippen LogP contribution in [0.2, 0.25) is 0 Å². The number of likely N-dealkylation sites (N-methyl/N-ethyl adjacent to an activating group) is 1. The van der Waals surface area contributed by atoms with Gasteiger partial charge in [-0.05, 0) is 6.54 Å². The molecule has 3 heterocycles. The lowest BCUT2D eigenvalue weighted by Gasteiger charge is -2.33. The summed E-state index contributed by atoms with van der Waals surface area (Å²) < 4.78 is 2.08. The Kier molecular flexibility index (Phi) is 3.00. The van der Waals surface area contributed by atoms with Crippen LogP contribution in [0.15, 0.2) is 11.1 Å². The zero-order chi connectivity index (χ0) is 12.5. The Balaban J connectivity index is 1.86. The Morgan fingerprint density at radius 1 is 1.39 bits per heavy atom. The van der Waals surface area contributed by atoms with Crippen molar-refractivity contribution in [1.82, 2.24) is 24.4 Å². The van der Waals surface area contributed by atoms with Crippen LogP contribution >= 0.6 is 11.3 Å². The zero-order valence-electron chi connectivity index (χ0n) is 10.2. The molecule has 0 unspecified atom stereocenters. The summed E-state index contributed by atoms with van der Waals surface area (Å²) >= 11 is 1.40. The molecule has 2 aromatic heterocycles. The number of hydrogen-bond acceptors (Lipinski definition) is 6. The molecule has 0 saturated carbocycles. The molecule has 1 aliphatic rings. The smallest absolute Gasteiger partial charge is 0.292 e. The van der Waals surface area contributed by atoms with Gasteiger partial charge in [0.2, 0.25) is 4.96 Å². The maximum atomic E-state index is 12.0. The van der Waals surface area contributed by atoms with Gasteiger partial charge in [-0.25, -0.2) is 4.98 Å². The number of piperazine rings is 1. The Hall–Kier alpha value is -1.47. The van der Waals surface area contributed by atoms with Gasteiger partial charge in [0.05, 0.1) is 0 Å². The van der Waals surface area contributed by atoms with Crippen LogP contribution in [0.4, 0.5) is 0 Å². The number of nitrogens with zero attached hydrogens (tertiary/aromatic N) is 5. The second-order valence-electron chi connectivity index (χ2n) is 4.33. The van der Waals surface area contributed by atoms with E-state index in [0.717, 1.165) is 37.3 Å². The summed E-state index contributed by atoms with van der Waals surface area (Å²) in [6, 6.07) is 0. The van der Waals surface area contributed by atoms with Gasteiger partial charge in [0, 0.05) is 32.4 Å². The van der Waals surface area contributed by atoms with E-state index in [-0.39, 0.29) is 5.56 Å². The van der Waals surface area contributed by atoms with Gasteiger partial charge in [-0.1, -0.05) is 18.3 Å². The number of hydrogen-bond donors (Lipinski definition) is 0. The Morgan fingerprint density at radius 3 is 2.83 bits per heavy atom. The summed E-state index contributed by atoms with van der Waals surface area (Å²) in [5.74, 6) is 0. The van der Waals surface area contributed by atoms with Crippen LogP contribution in [0, 0.1) is 0 Å². The highest BCUT2D eigenvalue weighted by molar-refractivity contribution is 7.14. The molecule has 0 radical (unpaired) electrons. The van der Waals surface area contributed by atoms with Gasteiger partial charge in [-0.2, -0.15) is 9.61 Å². The number of aromatic nitrogens is 3. The average molecular weight is 265 g/mol. The second-order valence-corrected chi connectivity index (χ2v) is 5.33. The highest BCUT2D eigenvalue weighted by atomic mass is 32.1. The highest BCUT2D eigenvalue weighted by Crippen LogP contribution is 2.02. The minimum Gasteiger partial charge on any atom is -0.373 e. The molecule has 96 valence electrons. The lowest BCUT2D eigenvalue weighted by Crippen LogP contribution is -2.44. The van der Waals surface area contributed by atoms with Crippen LogP contribution < -0.4 is 10.1 Å². The fourth-order valence-electron chi connectivity index (χ4n) is 2.14. The zero-order valence-corrected chi connectivity index (χ0v) is 11.1. The molecule has 0 amide bonds. The Morgan fingerprint density at radius 2 is 2.17 bits per heavy atom. The molecule has 0 N–H and O–H groups in total. The molecule has 18 heavy (non-hydrogen) atoms. The van der Waals surface area contributed by atoms with Crippen molar-refractivity contribution in [3.63, 3.8) is 0 Å². The Labute approximate surface area is 108 Å². The van der Waals surface area contributed by atoms with E-state index in [2.05, 4.69) is 26.8 Å². The number of fused-ring (bicyclic) bond motifs is 1. The van der Waals surface area contributed by atoms with E-state index in [1.807, 2.05) is 6.20 Å². The summed E-state index contributed by atoms with van der Waals surface area (Å²) in [5, 5.41) is 3.91. The van der Waals surface area contributed by atoms with Gasteiger partial charge in [0.25, 0.3) is 5.56 Å². The SMILES string of the molecule is CCN1CCN(/C=c2\sc3ncnn3c2=O)CC1. The summed E-state index contributed by atoms with van der Waals surface area (Å²) in [5.41, 5.74) is -0.0644. The number of rotatable bonds is 2. The highest BCUT2D eigenvalue weighted by Gasteiger charge is 2.13. The van der Waals surface area contributed by atoms with Gasteiger partial charge in [-0.3, -0.25) is 4.79 Å². The quantitative estimate of drug-likeness (QED) is 0.715. The van der Waals surface area contributed by atoms with Gasteiger partial charge in [0.15, 0.2) is 0 Å². The first kappa shape index (κ1) is 11.6. The van der Waals surface area contributed by atoms with Gasteiger partial charge >= 0.3 is 0 Å². The minimum atomic E-state index is -0.0644. The molecular formula is C11H15N5OS. The predicted molar refractivity (Wildman–Crippen MR) is 70.5 cm³/mol. The van der Waals surface area contributed by atoms with Gasteiger partial charge in [-0.15, -0.1) is 0 Å². The van der Waals surface area contributed by atoms with Crippen LogP contribution in [0.3, 0.4) is 0 Å². The first-order chi connectivity index (χ1) is 8.78. The van der Waals surface area contributed by atoms with E-state index >= 15 is 0 Å². The predicted octanol–water partition coefficient (Wildman–Crippen LogP) is -0.755. The molecular weight excluding hydrogens is 250 g/mol. The third-order valence-electron chi connectivity index (χ3n) is 3.27. The van der Waals surface area contributed by atoms with E-state index in [1.54, 1.807) is 0 Å². The molecule has 7 heteroatoms. The standard InChI is InChI=1S/C11H15N5OS/c1-2-14-3-5-15(6-4-14)7-9-10(17)16-11(18-9)12-8-13-16/h7-8H,2-6H2,1H3/b9-7-. The Bertz CT molecular complexity index is 640. The van der Waals surface area contributed by atoms with Crippen molar-refractivity contribution in [2.24, 2.45) is 0 Å².